The summed E-state index contributed by atoms with van der Waals surface area (Å²) in [5, 5.41) is 1.02. The molecular weight excluding hydrogens is 320 g/mol. The fourth-order valence-corrected chi connectivity index (χ4v) is 3.64. The zero-order valence-electron chi connectivity index (χ0n) is 14.2. The van der Waals surface area contributed by atoms with E-state index < -0.39 is 0 Å². The van der Waals surface area contributed by atoms with Gasteiger partial charge in [0.2, 0.25) is 0 Å². The fraction of sp³-hybridized carbons (Fsp3) is 0.263. The standard InChI is InChI=1S/C19H20N2O2S/c1-12(18-13(2)24-14(3)20-18)21(4)19(22)16-9-10-23-17-8-6-5-7-15(17)11-16/h5-12H,1-4H3/t12-/m1/s1. The highest BCUT2D eigenvalue weighted by molar-refractivity contribution is 7.11. The van der Waals surface area contributed by atoms with Crippen molar-refractivity contribution in [1.82, 2.24) is 9.88 Å². The molecule has 3 rings (SSSR count). The number of ether oxygens (including phenoxy) is 1. The van der Waals surface area contributed by atoms with Crippen LogP contribution in [0.5, 0.6) is 5.75 Å². The highest BCUT2D eigenvalue weighted by atomic mass is 32.1. The molecule has 0 saturated heterocycles. The van der Waals surface area contributed by atoms with Crippen molar-refractivity contribution in [1.29, 1.82) is 0 Å². The third-order valence-electron chi connectivity index (χ3n) is 4.16. The monoisotopic (exact) mass is 340 g/mol. The molecule has 0 radical (unpaired) electrons. The molecule has 1 aromatic carbocycles. The van der Waals surface area contributed by atoms with Gasteiger partial charge in [0.1, 0.15) is 5.75 Å². The van der Waals surface area contributed by atoms with Crippen molar-refractivity contribution in [2.75, 3.05) is 7.05 Å². The summed E-state index contributed by atoms with van der Waals surface area (Å²) in [5.74, 6) is 0.697. The average Bonchev–Trinajstić information content (AvgIpc) is 2.79. The van der Waals surface area contributed by atoms with Gasteiger partial charge < -0.3 is 9.64 Å². The summed E-state index contributed by atoms with van der Waals surface area (Å²) < 4.78 is 5.56. The summed E-state index contributed by atoms with van der Waals surface area (Å²) in [4.78, 5) is 20.4. The Labute approximate surface area is 146 Å². The van der Waals surface area contributed by atoms with E-state index in [9.17, 15) is 4.79 Å². The largest absolute Gasteiger partial charge is 0.464 e. The molecule has 0 bridgehead atoms. The summed E-state index contributed by atoms with van der Waals surface area (Å²) in [6.07, 6.45) is 5.14. The number of rotatable bonds is 3. The van der Waals surface area contributed by atoms with Crippen LogP contribution in [0.15, 0.2) is 42.2 Å². The first-order valence-electron chi connectivity index (χ1n) is 7.82. The predicted molar refractivity (Wildman–Crippen MR) is 97.0 cm³/mol. The topological polar surface area (TPSA) is 42.4 Å². The van der Waals surface area contributed by atoms with Crippen molar-refractivity contribution < 1.29 is 9.53 Å². The molecule has 2 heterocycles. The Hall–Kier alpha value is -2.40. The van der Waals surface area contributed by atoms with E-state index in [0.29, 0.717) is 5.57 Å². The van der Waals surface area contributed by atoms with Crippen molar-refractivity contribution in [2.45, 2.75) is 26.8 Å². The minimum atomic E-state index is -0.0869. The lowest BCUT2D eigenvalue weighted by atomic mass is 10.1. The fourth-order valence-electron chi connectivity index (χ4n) is 2.73. The molecular formula is C19H20N2O2S. The Balaban J connectivity index is 1.88. The number of hydrogen-bond donors (Lipinski definition) is 0. The van der Waals surface area contributed by atoms with Gasteiger partial charge in [0, 0.05) is 23.1 Å². The summed E-state index contributed by atoms with van der Waals surface area (Å²) in [5.41, 5.74) is 2.45. The Morgan fingerprint density at radius 2 is 2.04 bits per heavy atom. The number of aryl methyl sites for hydroxylation is 2. The van der Waals surface area contributed by atoms with Crippen LogP contribution in [0.1, 0.15) is 34.1 Å². The zero-order valence-corrected chi connectivity index (χ0v) is 15.1. The van der Waals surface area contributed by atoms with Crippen LogP contribution < -0.4 is 4.74 Å². The summed E-state index contributed by atoms with van der Waals surface area (Å²) in [6.45, 7) is 6.04. The predicted octanol–water partition coefficient (Wildman–Crippen LogP) is 4.27. The number of carbonyl (C=O) groups excluding carboxylic acids is 1. The van der Waals surface area contributed by atoms with Crippen LogP contribution in [0.25, 0.3) is 6.08 Å². The average molecular weight is 340 g/mol. The minimum Gasteiger partial charge on any atom is -0.464 e. The molecule has 1 aromatic heterocycles. The zero-order chi connectivity index (χ0) is 17.3. The van der Waals surface area contributed by atoms with E-state index in [-0.39, 0.29) is 11.9 Å². The third kappa shape index (κ3) is 3.12. The van der Waals surface area contributed by atoms with Gasteiger partial charge in [0.15, 0.2) is 0 Å². The Bertz CT molecular complexity index is 836. The molecule has 124 valence electrons. The normalized spacial score (nSPS) is 14.2. The lowest BCUT2D eigenvalue weighted by Gasteiger charge is -2.24. The van der Waals surface area contributed by atoms with E-state index in [2.05, 4.69) is 4.98 Å². The number of hydrogen-bond acceptors (Lipinski definition) is 4. The van der Waals surface area contributed by atoms with Crippen molar-refractivity contribution in [3.63, 3.8) is 0 Å². The van der Waals surface area contributed by atoms with Crippen LogP contribution in [0.2, 0.25) is 0 Å². The van der Waals surface area contributed by atoms with E-state index in [4.69, 9.17) is 4.74 Å². The quantitative estimate of drug-likeness (QED) is 0.838. The number of carbonyl (C=O) groups is 1. The van der Waals surface area contributed by atoms with Crippen LogP contribution in [0, 0.1) is 13.8 Å². The van der Waals surface area contributed by atoms with Crippen molar-refractivity contribution in [3.05, 3.63) is 63.3 Å². The van der Waals surface area contributed by atoms with Crippen LogP contribution in [0.4, 0.5) is 0 Å². The van der Waals surface area contributed by atoms with Crippen molar-refractivity contribution in [2.24, 2.45) is 0 Å². The summed E-state index contributed by atoms with van der Waals surface area (Å²) in [7, 11) is 1.81. The van der Waals surface area contributed by atoms with E-state index in [1.165, 1.54) is 0 Å². The van der Waals surface area contributed by atoms with Crippen molar-refractivity contribution in [3.8, 4) is 5.75 Å². The highest BCUT2D eigenvalue weighted by Gasteiger charge is 2.24. The SMILES string of the molecule is Cc1nc([C@@H](C)N(C)C(=O)C2=Cc3ccccc3OC=C2)c(C)s1. The van der Waals surface area contributed by atoms with Gasteiger partial charge in [-0.15, -0.1) is 11.3 Å². The van der Waals surface area contributed by atoms with Crippen LogP contribution in [-0.4, -0.2) is 22.8 Å². The molecule has 4 nitrogen and oxygen atoms in total. The van der Waals surface area contributed by atoms with Crippen LogP contribution in [0.3, 0.4) is 0 Å². The highest BCUT2D eigenvalue weighted by Crippen LogP contribution is 2.29. The Kier molecular flexibility index (Phi) is 4.53. The number of aromatic nitrogens is 1. The second kappa shape index (κ2) is 6.61. The lowest BCUT2D eigenvalue weighted by molar-refractivity contribution is -0.127. The molecule has 0 fully saturated rings. The van der Waals surface area contributed by atoms with Gasteiger partial charge in [0.25, 0.3) is 5.91 Å². The van der Waals surface area contributed by atoms with Gasteiger partial charge in [0.05, 0.1) is 23.0 Å². The number of thiazole rings is 1. The van der Waals surface area contributed by atoms with Gasteiger partial charge in [-0.1, -0.05) is 18.2 Å². The number of amides is 1. The second-order valence-electron chi connectivity index (χ2n) is 5.82. The first kappa shape index (κ1) is 16.5. The molecule has 2 aromatic rings. The molecule has 0 aliphatic carbocycles. The maximum Gasteiger partial charge on any atom is 0.254 e. The number of likely N-dealkylation sites (N-methyl/N-ethyl adjacent to an activating group) is 1. The Morgan fingerprint density at radius 3 is 2.75 bits per heavy atom. The summed E-state index contributed by atoms with van der Waals surface area (Å²) >= 11 is 1.66. The van der Waals surface area contributed by atoms with Gasteiger partial charge in [-0.2, -0.15) is 0 Å². The number of benzene rings is 1. The third-order valence-corrected chi connectivity index (χ3v) is 5.06. The molecule has 0 N–H and O–H groups in total. The van der Waals surface area contributed by atoms with Gasteiger partial charge in [-0.3, -0.25) is 4.79 Å². The number of fused-ring (bicyclic) bond motifs is 1. The Morgan fingerprint density at radius 1 is 1.29 bits per heavy atom. The molecule has 0 unspecified atom stereocenters. The van der Waals surface area contributed by atoms with Crippen LogP contribution >= 0.6 is 11.3 Å². The van der Waals surface area contributed by atoms with Crippen molar-refractivity contribution >= 4 is 23.3 Å². The van der Waals surface area contributed by atoms with E-state index >= 15 is 0 Å². The smallest absolute Gasteiger partial charge is 0.254 e. The minimum absolute atomic E-state index is 0.0518. The van der Waals surface area contributed by atoms with Gasteiger partial charge in [-0.25, -0.2) is 4.98 Å². The molecule has 24 heavy (non-hydrogen) atoms. The van der Waals surface area contributed by atoms with E-state index in [1.807, 2.05) is 58.2 Å². The molecule has 5 heteroatoms. The molecule has 1 aliphatic rings. The maximum absolute atomic E-state index is 12.9. The molecule has 0 saturated carbocycles. The molecule has 1 amide bonds. The lowest BCUT2D eigenvalue weighted by Crippen LogP contribution is -2.31. The van der Waals surface area contributed by atoms with E-state index in [0.717, 1.165) is 26.9 Å². The van der Waals surface area contributed by atoms with Gasteiger partial charge in [-0.05, 0) is 39.0 Å². The summed E-state index contributed by atoms with van der Waals surface area (Å²) in [6, 6.07) is 7.58. The van der Waals surface area contributed by atoms with Gasteiger partial charge >= 0.3 is 0 Å². The number of para-hydroxylation sites is 1. The second-order valence-corrected chi connectivity index (χ2v) is 7.23. The molecule has 0 spiro atoms. The number of nitrogens with zero attached hydrogens (tertiary/aromatic N) is 2. The first-order valence-corrected chi connectivity index (χ1v) is 8.64. The molecule has 1 aliphatic heterocycles. The molecule has 1 atom stereocenters. The maximum atomic E-state index is 12.9. The van der Waals surface area contributed by atoms with E-state index in [1.54, 1.807) is 28.6 Å². The van der Waals surface area contributed by atoms with Crippen LogP contribution in [-0.2, 0) is 4.79 Å². The first-order chi connectivity index (χ1) is 11.5.